The number of amides is 1. The van der Waals surface area contributed by atoms with Crippen LogP contribution in [0.2, 0.25) is 0 Å². The van der Waals surface area contributed by atoms with Gasteiger partial charge in [0.25, 0.3) is 0 Å². The molecule has 1 amide bonds. The minimum atomic E-state index is -0.132. The number of hydrogen-bond acceptors (Lipinski definition) is 2. The van der Waals surface area contributed by atoms with Gasteiger partial charge in [-0.25, -0.2) is 0 Å². The molecule has 0 aliphatic heterocycles. The summed E-state index contributed by atoms with van der Waals surface area (Å²) in [5.41, 5.74) is 4.37. The molecule has 0 unspecified atom stereocenters. The molecule has 0 heterocycles. The maximum Gasteiger partial charge on any atom is 0.237 e. The van der Waals surface area contributed by atoms with Crippen molar-refractivity contribution >= 4 is 23.4 Å². The van der Waals surface area contributed by atoms with Crippen LogP contribution in [0.15, 0.2) is 47.4 Å². The lowest BCUT2D eigenvalue weighted by Crippen LogP contribution is -2.23. The van der Waals surface area contributed by atoms with Crippen molar-refractivity contribution in [2.75, 3.05) is 5.32 Å². The van der Waals surface area contributed by atoms with Crippen molar-refractivity contribution in [1.82, 2.24) is 0 Å². The Morgan fingerprint density at radius 1 is 1.05 bits per heavy atom. The van der Waals surface area contributed by atoms with Crippen LogP contribution in [0.1, 0.15) is 23.6 Å². The third-order valence-electron chi connectivity index (χ3n) is 3.35. The van der Waals surface area contributed by atoms with E-state index in [9.17, 15) is 4.79 Å². The highest BCUT2D eigenvalue weighted by molar-refractivity contribution is 8.00. The molecular formula is C18H21NOS. The molecule has 21 heavy (non-hydrogen) atoms. The Bertz CT molecular complexity index is 614. The SMILES string of the molecule is Cc1cc(C)c(NC(=O)[C@@H](C)Sc2ccccc2)c(C)c1. The fourth-order valence-electron chi connectivity index (χ4n) is 2.36. The topological polar surface area (TPSA) is 29.1 Å². The van der Waals surface area contributed by atoms with Gasteiger partial charge in [0.15, 0.2) is 0 Å². The van der Waals surface area contributed by atoms with E-state index in [1.54, 1.807) is 11.8 Å². The highest BCUT2D eigenvalue weighted by Gasteiger charge is 2.16. The van der Waals surface area contributed by atoms with Crippen LogP contribution < -0.4 is 5.32 Å². The van der Waals surface area contributed by atoms with Gasteiger partial charge in [0.1, 0.15) is 0 Å². The molecule has 0 bridgehead atoms. The number of anilines is 1. The van der Waals surface area contributed by atoms with Gasteiger partial charge < -0.3 is 5.32 Å². The molecule has 1 N–H and O–H groups in total. The van der Waals surface area contributed by atoms with Gasteiger partial charge in [-0.05, 0) is 51.0 Å². The lowest BCUT2D eigenvalue weighted by Gasteiger charge is -2.16. The Kier molecular flexibility index (Phi) is 5.07. The van der Waals surface area contributed by atoms with E-state index in [0.717, 1.165) is 21.7 Å². The van der Waals surface area contributed by atoms with Crippen LogP contribution >= 0.6 is 11.8 Å². The summed E-state index contributed by atoms with van der Waals surface area (Å²) in [4.78, 5) is 13.5. The highest BCUT2D eigenvalue weighted by atomic mass is 32.2. The largest absolute Gasteiger partial charge is 0.325 e. The average molecular weight is 299 g/mol. The summed E-state index contributed by atoms with van der Waals surface area (Å²) in [5, 5.41) is 2.93. The lowest BCUT2D eigenvalue weighted by atomic mass is 10.1. The fourth-order valence-corrected chi connectivity index (χ4v) is 3.25. The standard InChI is InChI=1S/C18H21NOS/c1-12-10-13(2)17(14(3)11-12)19-18(20)15(4)21-16-8-6-5-7-9-16/h5-11,15H,1-4H3,(H,19,20)/t15-/m1/s1. The zero-order chi connectivity index (χ0) is 15.4. The van der Waals surface area contributed by atoms with E-state index < -0.39 is 0 Å². The molecule has 2 rings (SSSR count). The summed E-state index contributed by atoms with van der Waals surface area (Å²) < 4.78 is 0. The molecular weight excluding hydrogens is 278 g/mol. The van der Waals surface area contributed by atoms with E-state index >= 15 is 0 Å². The van der Waals surface area contributed by atoms with E-state index in [1.165, 1.54) is 5.56 Å². The summed E-state index contributed by atoms with van der Waals surface area (Å²) in [5.74, 6) is 0.0407. The molecule has 0 fully saturated rings. The first-order chi connectivity index (χ1) is 9.97. The molecule has 0 spiro atoms. The van der Waals surface area contributed by atoms with Crippen LogP contribution in [0.5, 0.6) is 0 Å². The van der Waals surface area contributed by atoms with Crippen LogP contribution in [-0.2, 0) is 4.79 Å². The second-order valence-electron chi connectivity index (χ2n) is 5.34. The quantitative estimate of drug-likeness (QED) is 0.827. The number of benzene rings is 2. The van der Waals surface area contributed by atoms with Gasteiger partial charge in [-0.3, -0.25) is 4.79 Å². The van der Waals surface area contributed by atoms with Gasteiger partial charge in [0.2, 0.25) is 5.91 Å². The molecule has 2 aromatic carbocycles. The van der Waals surface area contributed by atoms with Crippen LogP contribution in [0, 0.1) is 20.8 Å². The summed E-state index contributed by atoms with van der Waals surface area (Å²) in [6.07, 6.45) is 0. The van der Waals surface area contributed by atoms with E-state index in [1.807, 2.05) is 51.1 Å². The van der Waals surface area contributed by atoms with E-state index in [2.05, 4.69) is 24.4 Å². The Morgan fingerprint density at radius 3 is 2.19 bits per heavy atom. The van der Waals surface area contributed by atoms with E-state index in [-0.39, 0.29) is 11.2 Å². The van der Waals surface area contributed by atoms with Gasteiger partial charge in [-0.1, -0.05) is 35.9 Å². The van der Waals surface area contributed by atoms with Gasteiger partial charge in [0.05, 0.1) is 5.25 Å². The van der Waals surface area contributed by atoms with Crippen LogP contribution in [0.25, 0.3) is 0 Å². The van der Waals surface area contributed by atoms with E-state index in [0.29, 0.717) is 0 Å². The Morgan fingerprint density at radius 2 is 1.62 bits per heavy atom. The van der Waals surface area contributed by atoms with Crippen LogP contribution in [-0.4, -0.2) is 11.2 Å². The predicted octanol–water partition coefficient (Wildman–Crippen LogP) is 4.73. The molecule has 0 saturated carbocycles. The third-order valence-corrected chi connectivity index (χ3v) is 4.46. The normalized spacial score (nSPS) is 12.0. The van der Waals surface area contributed by atoms with Crippen molar-refractivity contribution in [1.29, 1.82) is 0 Å². The van der Waals surface area contributed by atoms with Crippen molar-refractivity contribution in [2.45, 2.75) is 37.8 Å². The molecule has 2 aromatic rings. The fraction of sp³-hybridized carbons (Fsp3) is 0.278. The third kappa shape index (κ3) is 4.11. The number of carbonyl (C=O) groups is 1. The van der Waals surface area contributed by atoms with Gasteiger partial charge in [-0.15, -0.1) is 11.8 Å². The molecule has 0 aliphatic carbocycles. The average Bonchev–Trinajstić information content (AvgIpc) is 2.43. The molecule has 0 saturated heterocycles. The van der Waals surface area contributed by atoms with Crippen LogP contribution in [0.4, 0.5) is 5.69 Å². The Labute approximate surface area is 131 Å². The molecule has 1 atom stereocenters. The van der Waals surface area contributed by atoms with Crippen LogP contribution in [0.3, 0.4) is 0 Å². The van der Waals surface area contributed by atoms with Crippen molar-refractivity contribution in [3.05, 3.63) is 59.2 Å². The smallest absolute Gasteiger partial charge is 0.237 e. The maximum absolute atomic E-state index is 12.4. The van der Waals surface area contributed by atoms with E-state index in [4.69, 9.17) is 0 Å². The zero-order valence-electron chi connectivity index (χ0n) is 12.9. The predicted molar refractivity (Wildman–Crippen MR) is 91.0 cm³/mol. The minimum Gasteiger partial charge on any atom is -0.325 e. The van der Waals surface area contributed by atoms with Crippen molar-refractivity contribution < 1.29 is 4.79 Å². The highest BCUT2D eigenvalue weighted by Crippen LogP contribution is 2.26. The summed E-state index contributed by atoms with van der Waals surface area (Å²) >= 11 is 1.57. The van der Waals surface area contributed by atoms with Gasteiger partial charge in [-0.2, -0.15) is 0 Å². The molecule has 0 radical (unpaired) electrons. The van der Waals surface area contributed by atoms with Crippen molar-refractivity contribution in [2.24, 2.45) is 0 Å². The first kappa shape index (κ1) is 15.6. The molecule has 0 aromatic heterocycles. The monoisotopic (exact) mass is 299 g/mol. The molecule has 3 heteroatoms. The number of thioether (sulfide) groups is 1. The number of hydrogen-bond donors (Lipinski definition) is 1. The molecule has 110 valence electrons. The second-order valence-corrected chi connectivity index (χ2v) is 6.75. The van der Waals surface area contributed by atoms with Gasteiger partial charge >= 0.3 is 0 Å². The number of rotatable bonds is 4. The first-order valence-electron chi connectivity index (χ1n) is 7.08. The Hall–Kier alpha value is -1.74. The zero-order valence-corrected chi connectivity index (χ0v) is 13.8. The van der Waals surface area contributed by atoms with Gasteiger partial charge in [0, 0.05) is 10.6 Å². The first-order valence-corrected chi connectivity index (χ1v) is 7.96. The Balaban J connectivity index is 2.08. The maximum atomic E-state index is 12.4. The number of nitrogens with one attached hydrogen (secondary N) is 1. The summed E-state index contributed by atoms with van der Waals surface area (Å²) in [7, 11) is 0. The molecule has 0 aliphatic rings. The summed E-state index contributed by atoms with van der Waals surface area (Å²) in [6.45, 7) is 8.07. The summed E-state index contributed by atoms with van der Waals surface area (Å²) in [6, 6.07) is 14.2. The minimum absolute atomic E-state index is 0.0407. The number of aryl methyl sites for hydroxylation is 3. The van der Waals surface area contributed by atoms with Crippen molar-refractivity contribution in [3.63, 3.8) is 0 Å². The number of carbonyl (C=O) groups excluding carboxylic acids is 1. The molecule has 2 nitrogen and oxygen atoms in total. The van der Waals surface area contributed by atoms with Crippen molar-refractivity contribution in [3.8, 4) is 0 Å². The lowest BCUT2D eigenvalue weighted by molar-refractivity contribution is -0.115. The second kappa shape index (κ2) is 6.81.